The maximum atomic E-state index is 6.07. The highest BCUT2D eigenvalue weighted by molar-refractivity contribution is 6.30. The van der Waals surface area contributed by atoms with Gasteiger partial charge in [0.05, 0.1) is 0 Å². The first-order valence-electron chi connectivity index (χ1n) is 8.87. The van der Waals surface area contributed by atoms with Crippen LogP contribution in [-0.2, 0) is 0 Å². The first kappa shape index (κ1) is 17.0. The van der Waals surface area contributed by atoms with Crippen molar-refractivity contribution in [2.45, 2.75) is 26.7 Å². The third kappa shape index (κ3) is 3.42. The molecular weight excluding hydrogens is 348 g/mol. The zero-order chi connectivity index (χ0) is 18.1. The molecule has 3 aromatic rings. The topological polar surface area (TPSA) is 66.8 Å². The fraction of sp³-hybridized carbons (Fsp3) is 0.368. The van der Waals surface area contributed by atoms with Crippen LogP contribution in [0.3, 0.4) is 0 Å². The van der Waals surface area contributed by atoms with Gasteiger partial charge in [-0.3, -0.25) is 0 Å². The van der Waals surface area contributed by atoms with E-state index in [1.807, 2.05) is 25.1 Å². The van der Waals surface area contributed by atoms with Gasteiger partial charge in [-0.15, -0.1) is 0 Å². The van der Waals surface area contributed by atoms with Crippen molar-refractivity contribution in [1.82, 2.24) is 19.9 Å². The Morgan fingerprint density at radius 1 is 1.12 bits per heavy atom. The number of piperidine rings is 1. The molecule has 0 aliphatic carbocycles. The van der Waals surface area contributed by atoms with Gasteiger partial charge in [0.25, 0.3) is 0 Å². The van der Waals surface area contributed by atoms with Gasteiger partial charge in [0.15, 0.2) is 17.0 Å². The van der Waals surface area contributed by atoms with Crippen LogP contribution in [0.1, 0.15) is 25.3 Å². The summed E-state index contributed by atoms with van der Waals surface area (Å²) in [6.07, 6.45) is 5.63. The molecular formula is C19H21ClN6. The standard InChI is InChI=1S/C19H21ClN6/c1-12-5-9-26(10-6-12)19-24-17-16(21-7-8-22-17)18(25-19)23-15-4-3-14(20)11-13(15)2/h3-4,7-8,11-12H,5-6,9-10H2,1-2H3,(H,22,23,24,25). The second-order valence-corrected chi connectivity index (χ2v) is 7.29. The lowest BCUT2D eigenvalue weighted by molar-refractivity contribution is 0.435. The lowest BCUT2D eigenvalue weighted by Gasteiger charge is -2.30. The van der Waals surface area contributed by atoms with Crippen molar-refractivity contribution < 1.29 is 0 Å². The van der Waals surface area contributed by atoms with Crippen molar-refractivity contribution >= 4 is 40.2 Å². The Morgan fingerprint density at radius 2 is 1.88 bits per heavy atom. The van der Waals surface area contributed by atoms with Gasteiger partial charge in [-0.25, -0.2) is 9.97 Å². The van der Waals surface area contributed by atoms with Crippen LogP contribution in [0.2, 0.25) is 5.02 Å². The molecule has 0 bridgehead atoms. The summed E-state index contributed by atoms with van der Waals surface area (Å²) in [7, 11) is 0. The fourth-order valence-corrected chi connectivity index (χ4v) is 3.41. The van der Waals surface area contributed by atoms with E-state index in [9.17, 15) is 0 Å². The van der Waals surface area contributed by atoms with Gasteiger partial charge < -0.3 is 10.2 Å². The minimum atomic E-state index is 0.602. The van der Waals surface area contributed by atoms with E-state index < -0.39 is 0 Å². The van der Waals surface area contributed by atoms with E-state index in [-0.39, 0.29) is 0 Å². The highest BCUT2D eigenvalue weighted by Gasteiger charge is 2.20. The van der Waals surface area contributed by atoms with Gasteiger partial charge in [-0.1, -0.05) is 18.5 Å². The number of hydrogen-bond donors (Lipinski definition) is 1. The summed E-state index contributed by atoms with van der Waals surface area (Å²) in [5.41, 5.74) is 3.25. The van der Waals surface area contributed by atoms with Crippen molar-refractivity contribution in [3.63, 3.8) is 0 Å². The van der Waals surface area contributed by atoms with Crippen LogP contribution in [0.4, 0.5) is 17.5 Å². The predicted molar refractivity (Wildman–Crippen MR) is 105 cm³/mol. The van der Waals surface area contributed by atoms with Crippen LogP contribution < -0.4 is 10.2 Å². The lowest BCUT2D eigenvalue weighted by atomic mass is 10.00. The maximum absolute atomic E-state index is 6.07. The number of aromatic nitrogens is 4. The minimum absolute atomic E-state index is 0.602. The number of nitrogens with zero attached hydrogens (tertiary/aromatic N) is 5. The molecule has 0 spiro atoms. The number of halogens is 1. The molecule has 0 unspecified atom stereocenters. The number of nitrogens with one attached hydrogen (secondary N) is 1. The number of benzene rings is 1. The summed E-state index contributed by atoms with van der Waals surface area (Å²) in [6, 6.07) is 5.73. The first-order chi connectivity index (χ1) is 12.6. The van der Waals surface area contributed by atoms with Crippen molar-refractivity contribution in [3.05, 3.63) is 41.2 Å². The van der Waals surface area contributed by atoms with Crippen molar-refractivity contribution in [1.29, 1.82) is 0 Å². The van der Waals surface area contributed by atoms with E-state index in [0.717, 1.165) is 43.1 Å². The van der Waals surface area contributed by atoms with E-state index in [2.05, 4.69) is 32.1 Å². The molecule has 0 radical (unpaired) electrons. The average molecular weight is 369 g/mol. The number of anilines is 3. The molecule has 0 atom stereocenters. The van der Waals surface area contributed by atoms with Crippen LogP contribution in [0.5, 0.6) is 0 Å². The van der Waals surface area contributed by atoms with E-state index in [1.54, 1.807) is 12.4 Å². The molecule has 0 saturated carbocycles. The largest absolute Gasteiger partial charge is 0.341 e. The van der Waals surface area contributed by atoms with Gasteiger partial charge in [0.2, 0.25) is 5.95 Å². The van der Waals surface area contributed by atoms with Gasteiger partial charge in [0, 0.05) is 36.2 Å². The van der Waals surface area contributed by atoms with E-state index >= 15 is 0 Å². The Balaban J connectivity index is 1.74. The molecule has 1 aliphatic heterocycles. The number of rotatable bonds is 3. The summed E-state index contributed by atoms with van der Waals surface area (Å²) >= 11 is 6.07. The predicted octanol–water partition coefficient (Wildman–Crippen LogP) is 4.36. The summed E-state index contributed by atoms with van der Waals surface area (Å²) in [4.78, 5) is 20.5. The molecule has 6 nitrogen and oxygen atoms in total. The van der Waals surface area contributed by atoms with Crippen LogP contribution in [-0.4, -0.2) is 33.0 Å². The highest BCUT2D eigenvalue weighted by atomic mass is 35.5. The Kier molecular flexibility index (Phi) is 4.59. The Labute approximate surface area is 157 Å². The summed E-state index contributed by atoms with van der Waals surface area (Å²) in [5.74, 6) is 2.13. The number of fused-ring (bicyclic) bond motifs is 1. The van der Waals surface area contributed by atoms with Crippen molar-refractivity contribution in [2.75, 3.05) is 23.3 Å². The molecule has 4 rings (SSSR count). The van der Waals surface area contributed by atoms with Crippen LogP contribution in [0.25, 0.3) is 11.2 Å². The van der Waals surface area contributed by atoms with Gasteiger partial charge in [-0.2, -0.15) is 9.97 Å². The zero-order valence-electron chi connectivity index (χ0n) is 14.9. The van der Waals surface area contributed by atoms with E-state index in [4.69, 9.17) is 16.6 Å². The quantitative estimate of drug-likeness (QED) is 0.740. The molecule has 1 aliphatic rings. The average Bonchev–Trinajstić information content (AvgIpc) is 2.64. The summed E-state index contributed by atoms with van der Waals surface area (Å²) in [6.45, 7) is 6.23. The number of aryl methyl sites for hydroxylation is 1. The van der Waals surface area contributed by atoms with E-state index in [1.165, 1.54) is 0 Å². The molecule has 1 aromatic carbocycles. The highest BCUT2D eigenvalue weighted by Crippen LogP contribution is 2.28. The van der Waals surface area contributed by atoms with Gasteiger partial charge in [-0.05, 0) is 49.4 Å². The second-order valence-electron chi connectivity index (χ2n) is 6.85. The van der Waals surface area contributed by atoms with Crippen LogP contribution in [0, 0.1) is 12.8 Å². The van der Waals surface area contributed by atoms with Gasteiger partial charge >= 0.3 is 0 Å². The van der Waals surface area contributed by atoms with Crippen molar-refractivity contribution in [3.8, 4) is 0 Å². The summed E-state index contributed by atoms with van der Waals surface area (Å²) in [5, 5.41) is 4.10. The molecule has 3 heterocycles. The number of hydrogen-bond acceptors (Lipinski definition) is 6. The van der Waals surface area contributed by atoms with Gasteiger partial charge in [0.1, 0.15) is 0 Å². The molecule has 0 amide bonds. The minimum Gasteiger partial charge on any atom is -0.341 e. The second kappa shape index (κ2) is 7.03. The SMILES string of the molecule is Cc1cc(Cl)ccc1Nc1nc(N2CCC(C)CC2)nc2nccnc12. The molecule has 2 aromatic heterocycles. The smallest absolute Gasteiger partial charge is 0.229 e. The summed E-state index contributed by atoms with van der Waals surface area (Å²) < 4.78 is 0. The monoisotopic (exact) mass is 368 g/mol. The third-order valence-electron chi connectivity index (χ3n) is 4.83. The Bertz CT molecular complexity index is 936. The maximum Gasteiger partial charge on any atom is 0.229 e. The molecule has 1 fully saturated rings. The third-order valence-corrected chi connectivity index (χ3v) is 5.06. The molecule has 26 heavy (non-hydrogen) atoms. The van der Waals surface area contributed by atoms with E-state index in [0.29, 0.717) is 28.0 Å². The lowest BCUT2D eigenvalue weighted by Crippen LogP contribution is -2.34. The van der Waals surface area contributed by atoms with Crippen LogP contribution in [0.15, 0.2) is 30.6 Å². The Morgan fingerprint density at radius 3 is 2.65 bits per heavy atom. The normalized spacial score (nSPS) is 15.4. The van der Waals surface area contributed by atoms with Crippen molar-refractivity contribution in [2.24, 2.45) is 5.92 Å². The molecule has 134 valence electrons. The Hall–Kier alpha value is -2.47. The molecule has 1 N–H and O–H groups in total. The first-order valence-corrected chi connectivity index (χ1v) is 9.25. The fourth-order valence-electron chi connectivity index (χ4n) is 3.18. The molecule has 7 heteroatoms. The zero-order valence-corrected chi connectivity index (χ0v) is 15.7. The van der Waals surface area contributed by atoms with Crippen LogP contribution >= 0.6 is 11.6 Å². The molecule has 1 saturated heterocycles.